The number of carbonyl (C=O) groups excluding carboxylic acids is 2. The van der Waals surface area contributed by atoms with E-state index < -0.39 is 11.9 Å². The molecular weight excluding hydrogens is 286 g/mol. The third-order valence-electron chi connectivity index (χ3n) is 2.73. The van der Waals surface area contributed by atoms with Crippen molar-refractivity contribution in [1.29, 1.82) is 5.26 Å². The van der Waals surface area contributed by atoms with Crippen molar-refractivity contribution in [3.05, 3.63) is 42.0 Å². The Morgan fingerprint density at radius 1 is 1.32 bits per heavy atom. The van der Waals surface area contributed by atoms with E-state index >= 15 is 0 Å². The SMILES string of the molecule is C=CC(=O)OCCCCOc1ccc(C(=O)OC)cc1C#N. The van der Waals surface area contributed by atoms with Crippen LogP contribution in [0.2, 0.25) is 0 Å². The fourth-order valence-electron chi connectivity index (χ4n) is 1.61. The van der Waals surface area contributed by atoms with Gasteiger partial charge in [-0.1, -0.05) is 6.58 Å². The van der Waals surface area contributed by atoms with E-state index in [0.29, 0.717) is 37.4 Å². The van der Waals surface area contributed by atoms with Crippen molar-refractivity contribution in [3.63, 3.8) is 0 Å². The minimum absolute atomic E-state index is 0.265. The fourth-order valence-corrected chi connectivity index (χ4v) is 1.61. The molecule has 116 valence electrons. The Labute approximate surface area is 128 Å². The number of esters is 2. The lowest BCUT2D eigenvalue weighted by molar-refractivity contribution is -0.137. The van der Waals surface area contributed by atoms with Gasteiger partial charge in [-0.2, -0.15) is 5.26 Å². The second kappa shape index (κ2) is 9.19. The normalized spacial score (nSPS) is 9.45. The van der Waals surface area contributed by atoms with Crippen LogP contribution in [0.1, 0.15) is 28.8 Å². The summed E-state index contributed by atoms with van der Waals surface area (Å²) in [7, 11) is 1.28. The predicted octanol–water partition coefficient (Wildman–Crippen LogP) is 2.23. The summed E-state index contributed by atoms with van der Waals surface area (Å²) in [4.78, 5) is 22.2. The van der Waals surface area contributed by atoms with Crippen LogP contribution in [0, 0.1) is 11.3 Å². The first-order chi connectivity index (χ1) is 10.6. The minimum atomic E-state index is -0.507. The molecule has 1 rings (SSSR count). The molecule has 0 unspecified atom stereocenters. The average Bonchev–Trinajstić information content (AvgIpc) is 2.56. The van der Waals surface area contributed by atoms with Crippen LogP contribution in [-0.4, -0.2) is 32.3 Å². The van der Waals surface area contributed by atoms with Crippen LogP contribution in [0.5, 0.6) is 5.75 Å². The Morgan fingerprint density at radius 2 is 2.05 bits per heavy atom. The number of nitrogens with zero attached hydrogens (tertiary/aromatic N) is 1. The maximum Gasteiger partial charge on any atom is 0.337 e. The van der Waals surface area contributed by atoms with Gasteiger partial charge in [0.25, 0.3) is 0 Å². The van der Waals surface area contributed by atoms with Crippen LogP contribution < -0.4 is 4.74 Å². The summed E-state index contributed by atoms with van der Waals surface area (Å²) in [6.07, 6.45) is 2.41. The highest BCUT2D eigenvalue weighted by Crippen LogP contribution is 2.20. The second-order valence-corrected chi connectivity index (χ2v) is 4.24. The average molecular weight is 303 g/mol. The van der Waals surface area contributed by atoms with Gasteiger partial charge in [-0.25, -0.2) is 9.59 Å². The van der Waals surface area contributed by atoms with Crippen molar-refractivity contribution in [1.82, 2.24) is 0 Å². The van der Waals surface area contributed by atoms with Gasteiger partial charge in [-0.15, -0.1) is 0 Å². The molecule has 0 aromatic heterocycles. The highest BCUT2D eigenvalue weighted by atomic mass is 16.5. The Kier molecular flexibility index (Phi) is 7.20. The van der Waals surface area contributed by atoms with Crippen molar-refractivity contribution < 1.29 is 23.8 Å². The molecule has 6 heteroatoms. The summed E-state index contributed by atoms with van der Waals surface area (Å²) < 4.78 is 14.9. The van der Waals surface area contributed by atoms with E-state index in [0.717, 1.165) is 6.08 Å². The van der Waals surface area contributed by atoms with E-state index in [1.807, 2.05) is 6.07 Å². The fraction of sp³-hybridized carbons (Fsp3) is 0.312. The number of hydrogen-bond acceptors (Lipinski definition) is 6. The maximum atomic E-state index is 11.4. The van der Waals surface area contributed by atoms with Crippen LogP contribution in [0.15, 0.2) is 30.9 Å². The van der Waals surface area contributed by atoms with E-state index in [4.69, 9.17) is 14.7 Å². The second-order valence-electron chi connectivity index (χ2n) is 4.24. The lowest BCUT2D eigenvalue weighted by Crippen LogP contribution is -2.06. The first-order valence-corrected chi connectivity index (χ1v) is 6.66. The molecule has 0 aliphatic heterocycles. The molecule has 0 fully saturated rings. The minimum Gasteiger partial charge on any atom is -0.492 e. The summed E-state index contributed by atoms with van der Waals surface area (Å²) in [5.41, 5.74) is 0.559. The largest absolute Gasteiger partial charge is 0.492 e. The Morgan fingerprint density at radius 3 is 2.68 bits per heavy atom. The van der Waals surface area contributed by atoms with Gasteiger partial charge in [-0.3, -0.25) is 0 Å². The zero-order chi connectivity index (χ0) is 16.4. The molecule has 6 nitrogen and oxygen atoms in total. The highest BCUT2D eigenvalue weighted by Gasteiger charge is 2.10. The quantitative estimate of drug-likeness (QED) is 0.416. The molecular formula is C16H17NO5. The summed E-state index contributed by atoms with van der Waals surface area (Å²) in [6.45, 7) is 3.96. The van der Waals surface area contributed by atoms with Crippen LogP contribution in [0.4, 0.5) is 0 Å². The van der Waals surface area contributed by atoms with E-state index in [9.17, 15) is 9.59 Å². The number of benzene rings is 1. The van der Waals surface area contributed by atoms with Crippen LogP contribution >= 0.6 is 0 Å². The van der Waals surface area contributed by atoms with Crippen LogP contribution in [-0.2, 0) is 14.3 Å². The van der Waals surface area contributed by atoms with E-state index in [1.54, 1.807) is 6.07 Å². The first-order valence-electron chi connectivity index (χ1n) is 6.66. The van der Waals surface area contributed by atoms with Crippen molar-refractivity contribution >= 4 is 11.9 Å². The Balaban J connectivity index is 2.46. The van der Waals surface area contributed by atoms with Gasteiger partial charge in [0.1, 0.15) is 11.8 Å². The highest BCUT2D eigenvalue weighted by molar-refractivity contribution is 5.90. The summed E-state index contributed by atoms with van der Waals surface area (Å²) in [5.74, 6) is -0.559. The van der Waals surface area contributed by atoms with Gasteiger partial charge >= 0.3 is 11.9 Å². The molecule has 0 aliphatic rings. The molecule has 0 spiro atoms. The van der Waals surface area contributed by atoms with Gasteiger partial charge in [-0.05, 0) is 31.0 Å². The lowest BCUT2D eigenvalue weighted by Gasteiger charge is -2.09. The molecule has 0 radical (unpaired) electrons. The van der Waals surface area contributed by atoms with E-state index in [-0.39, 0.29) is 5.56 Å². The summed E-state index contributed by atoms with van der Waals surface area (Å²) in [5, 5.41) is 9.08. The smallest absolute Gasteiger partial charge is 0.337 e. The third-order valence-corrected chi connectivity index (χ3v) is 2.73. The van der Waals surface area contributed by atoms with Crippen molar-refractivity contribution in [2.24, 2.45) is 0 Å². The van der Waals surface area contributed by atoms with Gasteiger partial charge in [0.15, 0.2) is 0 Å². The number of carbonyl (C=O) groups is 2. The summed E-state index contributed by atoms with van der Waals surface area (Å²) in [6, 6.07) is 6.49. The molecule has 0 amide bonds. The van der Waals surface area contributed by atoms with Gasteiger partial charge in [0.2, 0.25) is 0 Å². The third kappa shape index (κ3) is 5.29. The molecule has 0 atom stereocenters. The molecule has 0 bridgehead atoms. The number of hydrogen-bond donors (Lipinski definition) is 0. The van der Waals surface area contributed by atoms with Crippen LogP contribution in [0.25, 0.3) is 0 Å². The Hall–Kier alpha value is -2.81. The zero-order valence-electron chi connectivity index (χ0n) is 12.3. The van der Waals surface area contributed by atoms with E-state index in [1.165, 1.54) is 19.2 Å². The number of nitriles is 1. The first kappa shape index (κ1) is 17.2. The number of methoxy groups -OCH3 is 1. The Bertz CT molecular complexity index is 589. The predicted molar refractivity (Wildman–Crippen MR) is 78.4 cm³/mol. The van der Waals surface area contributed by atoms with Crippen molar-refractivity contribution in [2.45, 2.75) is 12.8 Å². The molecule has 0 saturated carbocycles. The number of ether oxygens (including phenoxy) is 3. The van der Waals surface area contributed by atoms with Crippen molar-refractivity contribution in [2.75, 3.05) is 20.3 Å². The molecule has 0 aliphatic carbocycles. The molecule has 0 heterocycles. The number of rotatable bonds is 8. The monoisotopic (exact) mass is 303 g/mol. The number of unbranched alkanes of at least 4 members (excludes halogenated alkanes) is 1. The van der Waals surface area contributed by atoms with E-state index in [2.05, 4.69) is 11.3 Å². The molecule has 0 saturated heterocycles. The molecule has 22 heavy (non-hydrogen) atoms. The summed E-state index contributed by atoms with van der Waals surface area (Å²) >= 11 is 0. The van der Waals surface area contributed by atoms with Crippen LogP contribution in [0.3, 0.4) is 0 Å². The zero-order valence-corrected chi connectivity index (χ0v) is 12.3. The van der Waals surface area contributed by atoms with Gasteiger partial charge in [0, 0.05) is 6.08 Å². The maximum absolute atomic E-state index is 11.4. The molecule has 1 aromatic carbocycles. The topological polar surface area (TPSA) is 85.6 Å². The van der Waals surface area contributed by atoms with Crippen molar-refractivity contribution in [3.8, 4) is 11.8 Å². The standard InChI is InChI=1S/C16H17NO5/c1-3-15(18)22-9-5-4-8-21-14-7-6-12(16(19)20-2)10-13(14)11-17/h3,6-7,10H,1,4-5,8-9H2,2H3. The van der Waals surface area contributed by atoms with Gasteiger partial charge in [0.05, 0.1) is 31.5 Å². The lowest BCUT2D eigenvalue weighted by atomic mass is 10.1. The molecule has 1 aromatic rings. The van der Waals surface area contributed by atoms with Gasteiger partial charge < -0.3 is 14.2 Å². The molecule has 0 N–H and O–H groups in total.